The lowest BCUT2D eigenvalue weighted by atomic mass is 10.1. The molecule has 0 saturated carbocycles. The number of rotatable bonds is 2. The van der Waals surface area contributed by atoms with E-state index in [1.54, 1.807) is 0 Å². The third kappa shape index (κ3) is 2.36. The molecule has 3 nitrogen and oxygen atoms in total. The molecular formula is C16H18N2OS. The quantitative estimate of drug-likeness (QED) is 0.847. The van der Waals surface area contributed by atoms with E-state index in [1.165, 1.54) is 11.3 Å². The maximum Gasteiger partial charge on any atom is 0.255 e. The molecule has 0 bridgehead atoms. The Morgan fingerprint density at radius 2 is 2.00 bits per heavy atom. The van der Waals surface area contributed by atoms with E-state index >= 15 is 0 Å². The third-order valence-electron chi connectivity index (χ3n) is 3.69. The zero-order valence-electron chi connectivity index (χ0n) is 11.7. The van der Waals surface area contributed by atoms with Crippen molar-refractivity contribution in [2.75, 3.05) is 12.3 Å². The highest BCUT2D eigenvalue weighted by Gasteiger charge is 2.32. The van der Waals surface area contributed by atoms with E-state index in [0.717, 1.165) is 17.9 Å². The van der Waals surface area contributed by atoms with E-state index in [4.69, 9.17) is 0 Å². The molecule has 1 aromatic carbocycles. The molecule has 1 saturated heterocycles. The zero-order valence-corrected chi connectivity index (χ0v) is 12.6. The fourth-order valence-electron chi connectivity index (χ4n) is 2.52. The number of aromatic nitrogens is 1. The Kier molecular flexibility index (Phi) is 3.57. The van der Waals surface area contributed by atoms with Crippen molar-refractivity contribution in [2.45, 2.75) is 12.3 Å². The maximum atomic E-state index is 12.7. The van der Waals surface area contributed by atoms with Gasteiger partial charge in [-0.2, -0.15) is 0 Å². The zero-order chi connectivity index (χ0) is 14.1. The van der Waals surface area contributed by atoms with Crippen LogP contribution in [0, 0.1) is 6.92 Å². The molecule has 0 spiro atoms. The molecule has 1 unspecified atom stereocenters. The van der Waals surface area contributed by atoms with E-state index < -0.39 is 0 Å². The number of nitrogens with zero attached hydrogens (tertiary/aromatic N) is 2. The Morgan fingerprint density at radius 1 is 1.25 bits per heavy atom. The minimum absolute atomic E-state index is 0.126. The summed E-state index contributed by atoms with van der Waals surface area (Å²) in [6, 6.07) is 12.0. The van der Waals surface area contributed by atoms with Gasteiger partial charge in [-0.1, -0.05) is 17.7 Å². The van der Waals surface area contributed by atoms with Gasteiger partial charge < -0.3 is 9.47 Å². The molecule has 0 radical (unpaired) electrons. The van der Waals surface area contributed by atoms with Gasteiger partial charge in [0.2, 0.25) is 0 Å². The lowest BCUT2D eigenvalue weighted by Crippen LogP contribution is -2.31. The van der Waals surface area contributed by atoms with Gasteiger partial charge in [0, 0.05) is 31.1 Å². The minimum Gasteiger partial charge on any atom is -0.352 e. The minimum atomic E-state index is 0.126. The van der Waals surface area contributed by atoms with Crippen LogP contribution in [-0.4, -0.2) is 27.7 Å². The second kappa shape index (κ2) is 5.37. The van der Waals surface area contributed by atoms with Crippen LogP contribution in [0.1, 0.15) is 27.0 Å². The normalized spacial score (nSPS) is 18.5. The van der Waals surface area contributed by atoms with Crippen molar-refractivity contribution in [3.8, 4) is 0 Å². The van der Waals surface area contributed by atoms with Crippen molar-refractivity contribution in [1.82, 2.24) is 9.47 Å². The van der Waals surface area contributed by atoms with Crippen molar-refractivity contribution >= 4 is 17.7 Å². The summed E-state index contributed by atoms with van der Waals surface area (Å²) < 4.78 is 2.10. The smallest absolute Gasteiger partial charge is 0.255 e. The van der Waals surface area contributed by atoms with Crippen LogP contribution in [0.4, 0.5) is 0 Å². The Morgan fingerprint density at radius 3 is 2.65 bits per heavy atom. The van der Waals surface area contributed by atoms with Gasteiger partial charge in [-0.3, -0.25) is 4.79 Å². The molecule has 3 rings (SSSR count). The predicted molar refractivity (Wildman–Crippen MR) is 82.8 cm³/mol. The molecule has 1 fully saturated rings. The standard InChI is InChI=1S/C16H18N2OS/c1-12-5-7-13(8-6-12)15(19)18-10-11-20-16(18)14-4-3-9-17(14)2/h3-9,16H,10-11H2,1-2H3. The van der Waals surface area contributed by atoms with E-state index in [0.29, 0.717) is 0 Å². The molecule has 0 aliphatic carbocycles. The summed E-state index contributed by atoms with van der Waals surface area (Å²) in [5.41, 5.74) is 3.14. The van der Waals surface area contributed by atoms with Crippen LogP contribution in [0.2, 0.25) is 0 Å². The SMILES string of the molecule is Cc1ccc(C(=O)N2CCSC2c2cccn2C)cc1. The van der Waals surface area contributed by atoms with Gasteiger partial charge in [-0.25, -0.2) is 0 Å². The van der Waals surface area contributed by atoms with Gasteiger partial charge in [-0.15, -0.1) is 11.8 Å². The van der Waals surface area contributed by atoms with E-state index in [9.17, 15) is 4.79 Å². The fourth-order valence-corrected chi connectivity index (χ4v) is 3.84. The summed E-state index contributed by atoms with van der Waals surface area (Å²) in [6.07, 6.45) is 2.03. The lowest BCUT2D eigenvalue weighted by molar-refractivity contribution is 0.0757. The van der Waals surface area contributed by atoms with Crippen LogP contribution in [0.25, 0.3) is 0 Å². The number of amides is 1. The largest absolute Gasteiger partial charge is 0.352 e. The van der Waals surface area contributed by atoms with E-state index in [2.05, 4.69) is 10.6 Å². The van der Waals surface area contributed by atoms with Crippen molar-refractivity contribution in [3.05, 3.63) is 59.4 Å². The highest BCUT2D eigenvalue weighted by molar-refractivity contribution is 7.99. The van der Waals surface area contributed by atoms with Crippen LogP contribution in [0.5, 0.6) is 0 Å². The van der Waals surface area contributed by atoms with Crippen LogP contribution < -0.4 is 0 Å². The first kappa shape index (κ1) is 13.3. The molecule has 1 aliphatic heterocycles. The van der Waals surface area contributed by atoms with Crippen molar-refractivity contribution in [1.29, 1.82) is 0 Å². The number of thioether (sulfide) groups is 1. The van der Waals surface area contributed by atoms with Gasteiger partial charge in [0.25, 0.3) is 5.91 Å². The average Bonchev–Trinajstić information content (AvgIpc) is 3.07. The lowest BCUT2D eigenvalue weighted by Gasteiger charge is -2.24. The molecule has 1 aromatic heterocycles. The van der Waals surface area contributed by atoms with Crippen LogP contribution in [-0.2, 0) is 7.05 Å². The summed E-state index contributed by atoms with van der Waals surface area (Å²) >= 11 is 1.83. The molecule has 4 heteroatoms. The fraction of sp³-hybridized carbons (Fsp3) is 0.312. The van der Waals surface area contributed by atoms with Crippen molar-refractivity contribution in [2.24, 2.45) is 7.05 Å². The highest BCUT2D eigenvalue weighted by atomic mass is 32.2. The van der Waals surface area contributed by atoms with Crippen LogP contribution in [0.15, 0.2) is 42.6 Å². The summed E-state index contributed by atoms with van der Waals surface area (Å²) in [7, 11) is 2.03. The molecule has 1 atom stereocenters. The predicted octanol–water partition coefficient (Wildman–Crippen LogP) is 3.22. The average molecular weight is 286 g/mol. The molecule has 2 aromatic rings. The topological polar surface area (TPSA) is 25.2 Å². The molecule has 1 amide bonds. The summed E-state index contributed by atoms with van der Waals surface area (Å²) in [6.45, 7) is 2.85. The van der Waals surface area contributed by atoms with Gasteiger partial charge in [0.05, 0.1) is 5.69 Å². The van der Waals surface area contributed by atoms with Gasteiger partial charge >= 0.3 is 0 Å². The monoisotopic (exact) mass is 286 g/mol. The number of carbonyl (C=O) groups excluding carboxylic acids is 1. The molecule has 1 aliphatic rings. The number of aryl methyl sites for hydroxylation is 2. The van der Waals surface area contributed by atoms with Crippen LogP contribution in [0.3, 0.4) is 0 Å². The first-order valence-electron chi connectivity index (χ1n) is 6.77. The molecule has 20 heavy (non-hydrogen) atoms. The first-order chi connectivity index (χ1) is 9.66. The molecule has 0 N–H and O–H groups in total. The Labute approximate surface area is 123 Å². The van der Waals surface area contributed by atoms with Gasteiger partial charge in [0.15, 0.2) is 0 Å². The summed E-state index contributed by atoms with van der Waals surface area (Å²) in [5, 5.41) is 0.129. The second-order valence-electron chi connectivity index (χ2n) is 5.13. The summed E-state index contributed by atoms with van der Waals surface area (Å²) in [4.78, 5) is 14.7. The maximum absolute atomic E-state index is 12.7. The van der Waals surface area contributed by atoms with Gasteiger partial charge in [-0.05, 0) is 31.2 Å². The van der Waals surface area contributed by atoms with Crippen LogP contribution >= 0.6 is 11.8 Å². The molecule has 104 valence electrons. The van der Waals surface area contributed by atoms with Gasteiger partial charge in [0.1, 0.15) is 5.37 Å². The van der Waals surface area contributed by atoms with Crippen molar-refractivity contribution in [3.63, 3.8) is 0 Å². The number of carbonyl (C=O) groups is 1. The number of benzene rings is 1. The Hall–Kier alpha value is -1.68. The second-order valence-corrected chi connectivity index (χ2v) is 6.32. The highest BCUT2D eigenvalue weighted by Crippen LogP contribution is 2.38. The summed E-state index contributed by atoms with van der Waals surface area (Å²) in [5.74, 6) is 1.12. The molecule has 2 heterocycles. The third-order valence-corrected chi connectivity index (χ3v) is 4.92. The first-order valence-corrected chi connectivity index (χ1v) is 7.82. The number of hydrogen-bond acceptors (Lipinski definition) is 2. The molecular weight excluding hydrogens is 268 g/mol. The van der Waals surface area contributed by atoms with E-state index in [1.807, 2.05) is 67.2 Å². The Balaban J connectivity index is 1.87. The van der Waals surface area contributed by atoms with E-state index in [-0.39, 0.29) is 11.3 Å². The number of hydrogen-bond donors (Lipinski definition) is 0. The van der Waals surface area contributed by atoms with Crippen molar-refractivity contribution < 1.29 is 4.79 Å². The Bertz CT molecular complexity index is 618.